The van der Waals surface area contributed by atoms with Crippen LogP contribution in [0.25, 0.3) is 0 Å². The van der Waals surface area contributed by atoms with Crippen molar-refractivity contribution < 1.29 is 122 Å². The Morgan fingerprint density at radius 1 is 0.571 bits per heavy atom. The number of hydrogen-bond donors (Lipinski definition) is 0. The molecule has 21 heavy (non-hydrogen) atoms. The van der Waals surface area contributed by atoms with Crippen molar-refractivity contribution in [3.8, 4) is 0 Å². The van der Waals surface area contributed by atoms with Gasteiger partial charge in [0.15, 0.2) is 0 Å². The number of carbonyl (C=O) groups excluding carboxylic acids is 3. The van der Waals surface area contributed by atoms with E-state index in [2.05, 4.69) is 0 Å². The maximum absolute atomic E-state index is 8.52. The molecular formula is C3Al2Na2O13S. The molecule has 0 radical (unpaired) electrons. The monoisotopic (exact) mass is 376 g/mol. The molecule has 0 unspecified atom stereocenters. The van der Waals surface area contributed by atoms with Crippen LogP contribution in [0.3, 0.4) is 0 Å². The summed E-state index contributed by atoms with van der Waals surface area (Å²) in [5, 5.41) is 50.0. The van der Waals surface area contributed by atoms with Crippen LogP contribution >= 0.6 is 0 Å². The van der Waals surface area contributed by atoms with Crippen molar-refractivity contribution in [1.82, 2.24) is 0 Å². The minimum Gasteiger partial charge on any atom is -0.759 e. The maximum Gasteiger partial charge on any atom is 3.00 e. The van der Waals surface area contributed by atoms with Crippen molar-refractivity contribution in [3.05, 3.63) is 0 Å². The van der Waals surface area contributed by atoms with Crippen LogP contribution in [0.2, 0.25) is 0 Å². The van der Waals surface area contributed by atoms with E-state index in [-0.39, 0.29) is 93.8 Å². The quantitative estimate of drug-likeness (QED) is 0.216. The molecule has 0 aromatic rings. The molecule has 0 rings (SSSR count). The van der Waals surface area contributed by atoms with Gasteiger partial charge in [-0.1, -0.05) is 0 Å². The van der Waals surface area contributed by atoms with Crippen molar-refractivity contribution in [2.45, 2.75) is 0 Å². The van der Waals surface area contributed by atoms with E-state index in [1.807, 2.05) is 0 Å². The molecule has 0 bridgehead atoms. The van der Waals surface area contributed by atoms with E-state index >= 15 is 0 Å². The first-order chi connectivity index (χ1) is 7.20. The molecule has 0 aromatic carbocycles. The van der Waals surface area contributed by atoms with Crippen molar-refractivity contribution in [3.63, 3.8) is 0 Å². The Morgan fingerprint density at radius 2 is 0.571 bits per heavy atom. The van der Waals surface area contributed by atoms with E-state index < -0.39 is 28.9 Å². The fourth-order valence-electron chi connectivity index (χ4n) is 0. The molecule has 0 aliphatic rings. The molecule has 104 valence electrons. The number of rotatable bonds is 0. The first kappa shape index (κ1) is 49.5. The van der Waals surface area contributed by atoms with Gasteiger partial charge in [-0.2, -0.15) is 0 Å². The van der Waals surface area contributed by atoms with E-state index in [1.165, 1.54) is 0 Å². The van der Waals surface area contributed by atoms with Crippen LogP contribution in [0.5, 0.6) is 0 Å². The van der Waals surface area contributed by atoms with Crippen LogP contribution in [-0.4, -0.2) is 70.7 Å². The van der Waals surface area contributed by atoms with Crippen LogP contribution in [0, 0.1) is 0 Å². The van der Waals surface area contributed by atoms with E-state index in [0.717, 1.165) is 0 Å². The van der Waals surface area contributed by atoms with Crippen molar-refractivity contribution in [2.75, 3.05) is 0 Å². The second-order valence-electron chi connectivity index (χ2n) is 1.16. The van der Waals surface area contributed by atoms with Crippen LogP contribution in [0.4, 0.5) is 14.4 Å². The topological polar surface area (TPSA) is 270 Å². The van der Waals surface area contributed by atoms with Crippen molar-refractivity contribution in [1.29, 1.82) is 0 Å². The third kappa shape index (κ3) is 13100. The smallest absolute Gasteiger partial charge is 0.759 e. The van der Waals surface area contributed by atoms with Crippen LogP contribution in [0.1, 0.15) is 0 Å². The Balaban J connectivity index is -0.0000000169. The van der Waals surface area contributed by atoms with Gasteiger partial charge in [-0.15, -0.1) is 0 Å². The first-order valence-corrected chi connectivity index (χ1v) is 3.84. The van der Waals surface area contributed by atoms with Gasteiger partial charge in [0.25, 0.3) is 0 Å². The summed E-state index contributed by atoms with van der Waals surface area (Å²) in [5.41, 5.74) is 0. The zero-order chi connectivity index (χ0) is 15.2. The minimum absolute atomic E-state index is 0. The Hall–Kier alpha value is 0.745. The van der Waals surface area contributed by atoms with Crippen LogP contribution in [0.15, 0.2) is 0 Å². The molecule has 0 aromatic heterocycles. The summed E-state index contributed by atoms with van der Waals surface area (Å²) in [6, 6.07) is 0. The summed E-state index contributed by atoms with van der Waals surface area (Å²) in [6.45, 7) is 0. The largest absolute Gasteiger partial charge is 3.00 e. The fraction of sp³-hybridized carbons (Fsp3) is 0. The summed E-state index contributed by atoms with van der Waals surface area (Å²) < 4.78 is 34.1. The summed E-state index contributed by atoms with van der Waals surface area (Å²) in [6.07, 6.45) is -7.00. The molecule has 0 amide bonds. The van der Waals surface area contributed by atoms with Gasteiger partial charge in [-0.3, -0.25) is 8.42 Å². The second-order valence-corrected chi connectivity index (χ2v) is 1.97. The maximum atomic E-state index is 8.52. The molecule has 0 N–H and O–H groups in total. The molecule has 0 aliphatic carbocycles. The SMILES string of the molecule is O=C([O-])[O-].O=C([O-])[O-].O=C([O-])[O-].O=S(=O)([O-])[O-].[Al+3].[Al+3].[Na+].[Na+]. The van der Waals surface area contributed by atoms with E-state index in [1.54, 1.807) is 0 Å². The molecule has 0 atom stereocenters. The van der Waals surface area contributed by atoms with Gasteiger partial charge in [0, 0.05) is 10.4 Å². The number of hydrogen-bond acceptors (Lipinski definition) is 13. The number of carbonyl (C=O) groups is 3. The summed E-state index contributed by atoms with van der Waals surface area (Å²) >= 11 is 0. The zero-order valence-corrected chi connectivity index (χ0v) is 17.5. The molecule has 0 spiro atoms. The fourth-order valence-corrected chi connectivity index (χ4v) is 0. The predicted molar refractivity (Wildman–Crippen MR) is 38.2 cm³/mol. The van der Waals surface area contributed by atoms with Crippen molar-refractivity contribution in [2.24, 2.45) is 0 Å². The average molecular weight is 376 g/mol. The molecule has 0 heterocycles. The van der Waals surface area contributed by atoms with Crippen LogP contribution in [-0.2, 0) is 10.4 Å². The van der Waals surface area contributed by atoms with Gasteiger partial charge in [-0.05, 0) is 18.5 Å². The van der Waals surface area contributed by atoms with Crippen molar-refractivity contribution >= 4 is 63.6 Å². The zero-order valence-electron chi connectivity index (χ0n) is 10.4. The standard InChI is InChI=1S/3CH2O3.2Al.2Na.H2O4S/c3*2-1(3)4;;;;;1-5(2,3)4/h3*(H2,2,3,4);;;;;(H2,1,2,3,4)/q;;;2*+3;2*+1;/p-8. The third-order valence-electron chi connectivity index (χ3n) is 0. The summed E-state index contributed by atoms with van der Waals surface area (Å²) in [7, 11) is -5.17. The molecule has 18 heteroatoms. The van der Waals surface area contributed by atoms with E-state index in [9.17, 15) is 0 Å². The van der Waals surface area contributed by atoms with E-state index in [4.69, 9.17) is 62.5 Å². The Morgan fingerprint density at radius 3 is 0.571 bits per heavy atom. The minimum atomic E-state index is -5.17. The second kappa shape index (κ2) is 32.6. The molecule has 0 fully saturated rings. The average Bonchev–Trinajstić information content (AvgIpc) is 1.73. The molecular weight excluding hydrogens is 376 g/mol. The Bertz CT molecular complexity index is 282. The normalized spacial score (nSPS) is 6.19. The van der Waals surface area contributed by atoms with Gasteiger partial charge < -0.3 is 54.1 Å². The molecule has 0 aliphatic heterocycles. The van der Waals surface area contributed by atoms with Gasteiger partial charge in [0.1, 0.15) is 0 Å². The Kier molecular flexibility index (Phi) is 77.0. The Labute approximate surface area is 183 Å². The summed E-state index contributed by atoms with van der Waals surface area (Å²) in [4.78, 5) is 25.0. The predicted octanol–water partition coefficient (Wildman–Crippen LogP) is -15.4. The molecule has 0 saturated heterocycles. The molecule has 0 saturated carbocycles. The van der Waals surface area contributed by atoms with Gasteiger partial charge in [0.2, 0.25) is 0 Å². The van der Waals surface area contributed by atoms with E-state index in [0.29, 0.717) is 0 Å². The van der Waals surface area contributed by atoms with Gasteiger partial charge in [0.05, 0.1) is 0 Å². The third-order valence-corrected chi connectivity index (χ3v) is 0. The first-order valence-electron chi connectivity index (χ1n) is 2.50. The van der Waals surface area contributed by atoms with Gasteiger partial charge >= 0.3 is 93.8 Å². The van der Waals surface area contributed by atoms with Gasteiger partial charge in [-0.25, -0.2) is 0 Å². The summed E-state index contributed by atoms with van der Waals surface area (Å²) in [5.74, 6) is 0. The number of carboxylic acid groups (broad SMARTS) is 6. The van der Waals surface area contributed by atoms with Crippen LogP contribution < -0.4 is 89.8 Å². The molecule has 13 nitrogen and oxygen atoms in total.